The highest BCUT2D eigenvalue weighted by Gasteiger charge is 2.07. The molecule has 7 heteroatoms. The van der Waals surface area contributed by atoms with Crippen LogP contribution in [0.2, 0.25) is 0 Å². The maximum atomic E-state index is 11.6. The van der Waals surface area contributed by atoms with Gasteiger partial charge in [0.05, 0.1) is 0 Å². The summed E-state index contributed by atoms with van der Waals surface area (Å²) < 4.78 is 1.74. The maximum absolute atomic E-state index is 11.6. The van der Waals surface area contributed by atoms with Gasteiger partial charge in [-0.25, -0.2) is 0 Å². The molecule has 1 rings (SSSR count). The number of nitrogens with one attached hydrogen (secondary N) is 2. The lowest BCUT2D eigenvalue weighted by molar-refractivity contribution is 0.253. The minimum absolute atomic E-state index is 0. The van der Waals surface area contributed by atoms with E-state index in [1.54, 1.807) is 16.7 Å². The van der Waals surface area contributed by atoms with E-state index in [-0.39, 0.29) is 36.1 Å². The standard InChI is InChI=1S/C19H34N4O2.HI/c1-3-9-17(11-15-24)16-22-19(20-4-2)21-12-6-8-14-23-13-7-5-10-18(23)25;/h5,7,10,13,17,24H,3-4,6,8-9,11-12,14-16H2,1-2H3,(H2,20,21,22);1H. The van der Waals surface area contributed by atoms with Gasteiger partial charge in [0, 0.05) is 45.0 Å². The number of aliphatic imine (C=N–C) groups is 1. The molecule has 3 N–H and O–H groups in total. The molecule has 1 aromatic heterocycles. The topological polar surface area (TPSA) is 78.7 Å². The SMILES string of the molecule is CCCC(CCO)CN=C(NCC)NCCCCn1ccccc1=O.I. The van der Waals surface area contributed by atoms with Crippen molar-refractivity contribution >= 4 is 29.9 Å². The number of halogens is 1. The average Bonchev–Trinajstić information content (AvgIpc) is 2.61. The molecule has 0 aliphatic rings. The predicted octanol–water partition coefficient (Wildman–Crippen LogP) is 2.60. The van der Waals surface area contributed by atoms with Gasteiger partial charge in [0.2, 0.25) is 5.56 Å². The minimum Gasteiger partial charge on any atom is -0.396 e. The second-order valence-corrected chi connectivity index (χ2v) is 6.25. The van der Waals surface area contributed by atoms with E-state index >= 15 is 0 Å². The van der Waals surface area contributed by atoms with Gasteiger partial charge in [-0.3, -0.25) is 9.79 Å². The van der Waals surface area contributed by atoms with Crippen molar-refractivity contribution in [2.24, 2.45) is 10.9 Å². The van der Waals surface area contributed by atoms with Crippen LogP contribution in [0.4, 0.5) is 0 Å². The van der Waals surface area contributed by atoms with Crippen LogP contribution in [0.15, 0.2) is 34.2 Å². The average molecular weight is 478 g/mol. The van der Waals surface area contributed by atoms with Gasteiger partial charge in [-0.1, -0.05) is 19.4 Å². The molecule has 0 spiro atoms. The zero-order valence-corrected chi connectivity index (χ0v) is 18.4. The summed E-state index contributed by atoms with van der Waals surface area (Å²) in [4.78, 5) is 16.3. The molecule has 1 aromatic rings. The fourth-order valence-corrected chi connectivity index (χ4v) is 2.74. The lowest BCUT2D eigenvalue weighted by atomic mass is 10.0. The second-order valence-electron chi connectivity index (χ2n) is 6.25. The highest BCUT2D eigenvalue weighted by Crippen LogP contribution is 2.10. The third kappa shape index (κ3) is 10.8. The Morgan fingerprint density at radius 1 is 1.23 bits per heavy atom. The molecule has 0 aliphatic heterocycles. The van der Waals surface area contributed by atoms with Crippen LogP contribution >= 0.6 is 24.0 Å². The highest BCUT2D eigenvalue weighted by atomic mass is 127. The first-order chi connectivity index (χ1) is 12.2. The van der Waals surface area contributed by atoms with Crippen LogP contribution in [0.25, 0.3) is 0 Å². The Bertz CT molecular complexity index is 542. The van der Waals surface area contributed by atoms with Crippen LogP contribution in [0.1, 0.15) is 46.0 Å². The molecule has 150 valence electrons. The van der Waals surface area contributed by atoms with E-state index in [1.165, 1.54) is 0 Å². The quantitative estimate of drug-likeness (QED) is 0.187. The van der Waals surface area contributed by atoms with Gasteiger partial charge in [0.1, 0.15) is 0 Å². The fourth-order valence-electron chi connectivity index (χ4n) is 2.74. The van der Waals surface area contributed by atoms with E-state index in [1.807, 2.05) is 12.3 Å². The van der Waals surface area contributed by atoms with E-state index in [4.69, 9.17) is 5.11 Å². The first-order valence-corrected chi connectivity index (χ1v) is 9.49. The Kier molecular flexibility index (Phi) is 15.4. The van der Waals surface area contributed by atoms with Crippen LogP contribution < -0.4 is 16.2 Å². The molecule has 1 unspecified atom stereocenters. The predicted molar refractivity (Wildman–Crippen MR) is 119 cm³/mol. The number of aliphatic hydroxyl groups excluding tert-OH is 1. The Morgan fingerprint density at radius 2 is 2.04 bits per heavy atom. The summed E-state index contributed by atoms with van der Waals surface area (Å²) in [6, 6.07) is 5.24. The Balaban J connectivity index is 0.00000625. The summed E-state index contributed by atoms with van der Waals surface area (Å²) in [6.45, 7) is 7.57. The van der Waals surface area contributed by atoms with Gasteiger partial charge < -0.3 is 20.3 Å². The van der Waals surface area contributed by atoms with Gasteiger partial charge in [-0.15, -0.1) is 24.0 Å². The molecule has 0 radical (unpaired) electrons. The first-order valence-electron chi connectivity index (χ1n) is 9.49. The smallest absolute Gasteiger partial charge is 0.250 e. The molecule has 0 amide bonds. The van der Waals surface area contributed by atoms with Gasteiger partial charge in [0.25, 0.3) is 0 Å². The van der Waals surface area contributed by atoms with Crippen LogP contribution in [-0.4, -0.2) is 41.9 Å². The van der Waals surface area contributed by atoms with Crippen molar-refractivity contribution in [3.05, 3.63) is 34.7 Å². The number of guanidine groups is 1. The molecule has 6 nitrogen and oxygen atoms in total. The molecule has 0 aliphatic carbocycles. The molecule has 0 saturated heterocycles. The molecule has 0 bridgehead atoms. The summed E-state index contributed by atoms with van der Waals surface area (Å²) in [6.07, 6.45) is 6.76. The first kappa shape index (κ1) is 24.9. The van der Waals surface area contributed by atoms with Crippen molar-refractivity contribution in [1.29, 1.82) is 0 Å². The van der Waals surface area contributed by atoms with Gasteiger partial charge >= 0.3 is 0 Å². The zero-order chi connectivity index (χ0) is 18.3. The lowest BCUT2D eigenvalue weighted by Gasteiger charge is -2.15. The van der Waals surface area contributed by atoms with Crippen molar-refractivity contribution in [3.63, 3.8) is 0 Å². The largest absolute Gasteiger partial charge is 0.396 e. The Labute approximate surface area is 174 Å². The molecule has 0 aromatic carbocycles. The molecule has 26 heavy (non-hydrogen) atoms. The van der Waals surface area contributed by atoms with Crippen LogP contribution in [0.3, 0.4) is 0 Å². The zero-order valence-electron chi connectivity index (χ0n) is 16.1. The van der Waals surface area contributed by atoms with Crippen LogP contribution in [0, 0.1) is 5.92 Å². The Morgan fingerprint density at radius 3 is 2.69 bits per heavy atom. The fraction of sp³-hybridized carbons (Fsp3) is 0.684. The summed E-state index contributed by atoms with van der Waals surface area (Å²) in [7, 11) is 0. The van der Waals surface area contributed by atoms with E-state index in [9.17, 15) is 4.79 Å². The van der Waals surface area contributed by atoms with Crippen molar-refractivity contribution in [3.8, 4) is 0 Å². The molecular formula is C19H35IN4O2. The lowest BCUT2D eigenvalue weighted by Crippen LogP contribution is -2.38. The summed E-state index contributed by atoms with van der Waals surface area (Å²) >= 11 is 0. The molecule has 1 atom stereocenters. The maximum Gasteiger partial charge on any atom is 0.250 e. The summed E-state index contributed by atoms with van der Waals surface area (Å²) in [5, 5.41) is 15.8. The number of hydrogen-bond donors (Lipinski definition) is 3. The monoisotopic (exact) mass is 478 g/mol. The molecule has 0 saturated carbocycles. The normalized spacial score (nSPS) is 12.3. The number of pyridine rings is 1. The number of unbranched alkanes of at least 4 members (excludes halogenated alkanes) is 1. The van der Waals surface area contributed by atoms with Crippen LogP contribution in [-0.2, 0) is 6.54 Å². The highest BCUT2D eigenvalue weighted by molar-refractivity contribution is 14.0. The third-order valence-electron chi connectivity index (χ3n) is 4.10. The van der Waals surface area contributed by atoms with Crippen molar-refractivity contribution in [2.75, 3.05) is 26.2 Å². The Hall–Kier alpha value is -1.09. The van der Waals surface area contributed by atoms with E-state index < -0.39 is 0 Å². The number of rotatable bonds is 12. The van der Waals surface area contributed by atoms with Gasteiger partial charge in [-0.05, 0) is 44.6 Å². The number of aryl methyl sites for hydroxylation is 1. The third-order valence-corrected chi connectivity index (χ3v) is 4.10. The number of aromatic nitrogens is 1. The second kappa shape index (κ2) is 16.1. The van der Waals surface area contributed by atoms with Crippen molar-refractivity contribution < 1.29 is 5.11 Å². The number of hydrogen-bond acceptors (Lipinski definition) is 3. The van der Waals surface area contributed by atoms with E-state index in [2.05, 4.69) is 29.5 Å². The van der Waals surface area contributed by atoms with Crippen LogP contribution in [0.5, 0.6) is 0 Å². The molecule has 1 heterocycles. The minimum atomic E-state index is 0. The van der Waals surface area contributed by atoms with Gasteiger partial charge in [-0.2, -0.15) is 0 Å². The molecule has 0 fully saturated rings. The number of aliphatic hydroxyl groups is 1. The molecular weight excluding hydrogens is 443 g/mol. The van der Waals surface area contributed by atoms with Crippen molar-refractivity contribution in [1.82, 2.24) is 15.2 Å². The van der Waals surface area contributed by atoms with E-state index in [0.717, 1.165) is 64.2 Å². The summed E-state index contributed by atoms with van der Waals surface area (Å²) in [5.74, 6) is 1.27. The van der Waals surface area contributed by atoms with E-state index in [0.29, 0.717) is 5.92 Å². The van der Waals surface area contributed by atoms with Gasteiger partial charge in [0.15, 0.2) is 5.96 Å². The summed E-state index contributed by atoms with van der Waals surface area (Å²) in [5.41, 5.74) is 0.0520. The van der Waals surface area contributed by atoms with Crippen molar-refractivity contribution in [2.45, 2.75) is 52.5 Å². The number of nitrogens with zero attached hydrogens (tertiary/aromatic N) is 2.